The molecule has 0 N–H and O–H groups in total. The van der Waals surface area contributed by atoms with Crippen molar-refractivity contribution in [2.24, 2.45) is 0 Å². The summed E-state index contributed by atoms with van der Waals surface area (Å²) in [6.07, 6.45) is 1.50. The maximum Gasteiger partial charge on any atom is 0.387 e. The molecule has 0 atom stereocenters. The van der Waals surface area contributed by atoms with Crippen LogP contribution in [-0.2, 0) is 0 Å². The Morgan fingerprint density at radius 3 is 2.43 bits per heavy atom. The van der Waals surface area contributed by atoms with Gasteiger partial charge in [-0.25, -0.2) is 8.78 Å². The zero-order chi connectivity index (χ0) is 10.7. The second-order valence-electron chi connectivity index (χ2n) is 2.30. The van der Waals surface area contributed by atoms with Crippen LogP contribution < -0.4 is 4.74 Å². The van der Waals surface area contributed by atoms with Crippen LogP contribution in [0.3, 0.4) is 0 Å². The highest BCUT2D eigenvalue weighted by Crippen LogP contribution is 2.29. The first-order valence-corrected chi connectivity index (χ1v) is 4.75. The van der Waals surface area contributed by atoms with Crippen molar-refractivity contribution in [3.05, 3.63) is 23.8 Å². The van der Waals surface area contributed by atoms with Gasteiger partial charge < -0.3 is 4.74 Å². The predicted molar refractivity (Wildman–Crippen MR) is 44.8 cm³/mol. The van der Waals surface area contributed by atoms with Gasteiger partial charge >= 0.3 is 6.61 Å². The molecule has 0 aliphatic heterocycles. The topological polar surface area (TPSA) is 9.23 Å². The molecule has 1 aromatic carbocycles. The number of hydrogen-bond donors (Lipinski definition) is 0. The Morgan fingerprint density at radius 2 is 1.93 bits per heavy atom. The number of rotatable bonds is 3. The minimum absolute atomic E-state index is 0.0688. The average molecular weight is 226 g/mol. The summed E-state index contributed by atoms with van der Waals surface area (Å²) >= 11 is 0.911. The van der Waals surface area contributed by atoms with Crippen LogP contribution in [0.1, 0.15) is 0 Å². The summed E-state index contributed by atoms with van der Waals surface area (Å²) in [4.78, 5) is -0.0688. The molecule has 1 rings (SSSR count). The molecule has 14 heavy (non-hydrogen) atoms. The molecule has 0 bridgehead atoms. The molecular weight excluding hydrogens is 220 g/mol. The fourth-order valence-corrected chi connectivity index (χ4v) is 1.38. The third-order valence-electron chi connectivity index (χ3n) is 1.41. The van der Waals surface area contributed by atoms with E-state index in [0.717, 1.165) is 17.8 Å². The smallest absolute Gasteiger partial charge is 0.387 e. The Kier molecular flexibility index (Phi) is 3.62. The first-order valence-electron chi connectivity index (χ1n) is 3.52. The van der Waals surface area contributed by atoms with Gasteiger partial charge in [0.25, 0.3) is 0 Å². The number of alkyl halides is 2. The standard InChI is InChI=1S/C8H6F4OS/c1-14-6-3-4(9)2-5(7(6)10)13-8(11)12/h2-3,8H,1H3. The van der Waals surface area contributed by atoms with Crippen molar-refractivity contribution < 1.29 is 22.3 Å². The molecule has 0 unspecified atom stereocenters. The van der Waals surface area contributed by atoms with Crippen LogP contribution in [0.2, 0.25) is 0 Å². The van der Waals surface area contributed by atoms with Crippen LogP contribution in [0.25, 0.3) is 0 Å². The molecule has 0 saturated carbocycles. The maximum absolute atomic E-state index is 13.2. The van der Waals surface area contributed by atoms with Crippen molar-refractivity contribution in [1.29, 1.82) is 0 Å². The molecule has 1 aromatic rings. The van der Waals surface area contributed by atoms with E-state index in [1.165, 1.54) is 6.26 Å². The molecule has 0 amide bonds. The van der Waals surface area contributed by atoms with E-state index in [2.05, 4.69) is 4.74 Å². The highest BCUT2D eigenvalue weighted by molar-refractivity contribution is 7.98. The summed E-state index contributed by atoms with van der Waals surface area (Å²) in [5.74, 6) is -2.56. The van der Waals surface area contributed by atoms with Crippen molar-refractivity contribution in [3.8, 4) is 5.75 Å². The largest absolute Gasteiger partial charge is 0.432 e. The van der Waals surface area contributed by atoms with E-state index in [-0.39, 0.29) is 4.90 Å². The Balaban J connectivity index is 3.08. The second-order valence-corrected chi connectivity index (χ2v) is 3.15. The highest BCUT2D eigenvalue weighted by atomic mass is 32.2. The molecule has 78 valence electrons. The normalized spacial score (nSPS) is 10.7. The summed E-state index contributed by atoms with van der Waals surface area (Å²) in [6.45, 7) is -3.17. The van der Waals surface area contributed by atoms with E-state index < -0.39 is 24.0 Å². The summed E-state index contributed by atoms with van der Waals surface area (Å²) in [5.41, 5.74) is 0. The molecule has 0 aromatic heterocycles. The number of benzene rings is 1. The van der Waals surface area contributed by atoms with E-state index in [4.69, 9.17) is 0 Å². The van der Waals surface area contributed by atoms with Crippen LogP contribution in [-0.4, -0.2) is 12.9 Å². The Bertz CT molecular complexity index is 329. The fraction of sp³-hybridized carbons (Fsp3) is 0.250. The molecule has 0 radical (unpaired) electrons. The van der Waals surface area contributed by atoms with Crippen molar-refractivity contribution >= 4 is 11.8 Å². The first-order chi connectivity index (χ1) is 6.54. The van der Waals surface area contributed by atoms with Crippen molar-refractivity contribution in [2.75, 3.05) is 6.26 Å². The highest BCUT2D eigenvalue weighted by Gasteiger charge is 2.15. The molecule has 0 aliphatic rings. The number of thioether (sulfide) groups is 1. The van der Waals surface area contributed by atoms with Gasteiger partial charge in [0.1, 0.15) is 5.82 Å². The molecule has 0 aliphatic carbocycles. The van der Waals surface area contributed by atoms with Gasteiger partial charge in [0.15, 0.2) is 11.6 Å². The van der Waals surface area contributed by atoms with Crippen LogP contribution in [0.15, 0.2) is 17.0 Å². The third kappa shape index (κ3) is 2.54. The molecule has 0 fully saturated rings. The first kappa shape index (κ1) is 11.2. The fourth-order valence-electron chi connectivity index (χ4n) is 0.871. The lowest BCUT2D eigenvalue weighted by Gasteiger charge is -2.08. The van der Waals surface area contributed by atoms with E-state index in [0.29, 0.717) is 6.07 Å². The van der Waals surface area contributed by atoms with Gasteiger partial charge in [0.2, 0.25) is 0 Å². The third-order valence-corrected chi connectivity index (χ3v) is 2.14. The SMILES string of the molecule is CSc1cc(F)cc(OC(F)F)c1F. The van der Waals surface area contributed by atoms with Crippen molar-refractivity contribution in [2.45, 2.75) is 11.5 Å². The van der Waals surface area contributed by atoms with Crippen LogP contribution in [0, 0.1) is 11.6 Å². The Morgan fingerprint density at radius 1 is 1.29 bits per heavy atom. The molecule has 0 saturated heterocycles. The minimum atomic E-state index is -3.17. The average Bonchev–Trinajstić information content (AvgIpc) is 2.09. The second kappa shape index (κ2) is 4.54. The summed E-state index contributed by atoms with van der Waals surface area (Å²) < 4.78 is 53.2. The molecular formula is C8H6F4OS. The van der Waals surface area contributed by atoms with E-state index in [1.807, 2.05) is 0 Å². The van der Waals surface area contributed by atoms with Gasteiger partial charge in [-0.05, 0) is 12.3 Å². The van der Waals surface area contributed by atoms with Gasteiger partial charge in [0, 0.05) is 11.0 Å². The van der Waals surface area contributed by atoms with Gasteiger partial charge in [-0.2, -0.15) is 8.78 Å². The minimum Gasteiger partial charge on any atom is -0.432 e. The Labute approximate surface area is 82.1 Å². The lowest BCUT2D eigenvalue weighted by molar-refractivity contribution is -0.0526. The van der Waals surface area contributed by atoms with Crippen molar-refractivity contribution in [1.82, 2.24) is 0 Å². The lowest BCUT2D eigenvalue weighted by atomic mass is 10.3. The monoisotopic (exact) mass is 226 g/mol. The van der Waals surface area contributed by atoms with Gasteiger partial charge in [0.05, 0.1) is 0 Å². The zero-order valence-electron chi connectivity index (χ0n) is 7.06. The zero-order valence-corrected chi connectivity index (χ0v) is 7.88. The van der Waals surface area contributed by atoms with Gasteiger partial charge in [-0.15, -0.1) is 11.8 Å². The lowest BCUT2D eigenvalue weighted by Crippen LogP contribution is -2.04. The maximum atomic E-state index is 13.2. The number of hydrogen-bond acceptors (Lipinski definition) is 2. The molecule has 1 nitrogen and oxygen atoms in total. The van der Waals surface area contributed by atoms with Crippen LogP contribution in [0.5, 0.6) is 5.75 Å². The van der Waals surface area contributed by atoms with Gasteiger partial charge in [-0.3, -0.25) is 0 Å². The Hall–Kier alpha value is -0.910. The summed E-state index contributed by atoms with van der Waals surface area (Å²) in [7, 11) is 0. The van der Waals surface area contributed by atoms with Crippen LogP contribution in [0.4, 0.5) is 17.6 Å². The van der Waals surface area contributed by atoms with Gasteiger partial charge in [-0.1, -0.05) is 0 Å². The quantitative estimate of drug-likeness (QED) is 0.577. The van der Waals surface area contributed by atoms with E-state index in [9.17, 15) is 17.6 Å². The summed E-state index contributed by atoms with van der Waals surface area (Å²) in [5, 5.41) is 0. The number of halogens is 4. The van der Waals surface area contributed by atoms with E-state index >= 15 is 0 Å². The van der Waals surface area contributed by atoms with Crippen molar-refractivity contribution in [3.63, 3.8) is 0 Å². The molecule has 0 spiro atoms. The molecule has 0 heterocycles. The predicted octanol–water partition coefficient (Wildman–Crippen LogP) is 3.29. The van der Waals surface area contributed by atoms with E-state index in [1.54, 1.807) is 0 Å². The van der Waals surface area contributed by atoms with Crippen LogP contribution >= 0.6 is 11.8 Å². The number of ether oxygens (including phenoxy) is 1. The summed E-state index contributed by atoms with van der Waals surface area (Å²) in [6, 6.07) is 1.50. The molecule has 6 heteroatoms.